The van der Waals surface area contributed by atoms with E-state index in [2.05, 4.69) is 30.7 Å². The molecule has 4 aromatic rings. The predicted molar refractivity (Wildman–Crippen MR) is 145 cm³/mol. The number of para-hydroxylation sites is 1. The maximum Gasteiger partial charge on any atom is 0.349 e. The predicted octanol–water partition coefficient (Wildman–Crippen LogP) is 4.57. The van der Waals surface area contributed by atoms with E-state index in [1.807, 2.05) is 12.1 Å². The summed E-state index contributed by atoms with van der Waals surface area (Å²) < 4.78 is 34.9. The number of benzene rings is 1. The maximum absolute atomic E-state index is 13.2. The van der Waals surface area contributed by atoms with E-state index in [0.717, 1.165) is 0 Å². The van der Waals surface area contributed by atoms with Gasteiger partial charge in [-0.15, -0.1) is 0 Å². The highest BCUT2D eigenvalue weighted by Crippen LogP contribution is 2.43. The minimum atomic E-state index is -2.65. The highest BCUT2D eigenvalue weighted by atomic mass is 19.3. The molecule has 0 spiro atoms. The molecular weight excluding hydrogens is 522 g/mol. The molecule has 2 N–H and O–H groups in total. The van der Waals surface area contributed by atoms with Gasteiger partial charge in [-0.05, 0) is 24.1 Å². The highest BCUT2D eigenvalue weighted by Gasteiger charge is 2.45. The zero-order chi connectivity index (χ0) is 28.4. The van der Waals surface area contributed by atoms with Crippen LogP contribution in [-0.2, 0) is 13.6 Å². The van der Waals surface area contributed by atoms with Gasteiger partial charge in [0.05, 0.1) is 29.6 Å². The second kappa shape index (κ2) is 10.8. The average molecular weight is 551 g/mol. The quantitative estimate of drug-likeness (QED) is 0.273. The molecule has 208 valence electrons. The third-order valence-electron chi connectivity index (χ3n) is 6.61. The monoisotopic (exact) mass is 550 g/mol. The number of alkyl halides is 2. The second-order valence-corrected chi connectivity index (χ2v) is 9.65. The SMILES string of the molecule is CCC(=O)c1cnc(Nc2ccn(CC3CC(F)(F)C3)c(=O)n2)cc1Nc1cccc(-c2ncn(C)n2)c1OC. The molecule has 1 saturated carbocycles. The van der Waals surface area contributed by atoms with Crippen LogP contribution >= 0.6 is 0 Å². The third-order valence-corrected chi connectivity index (χ3v) is 6.61. The number of rotatable bonds is 10. The number of aryl methyl sites for hydroxylation is 1. The number of hydrogen-bond acceptors (Lipinski definition) is 9. The van der Waals surface area contributed by atoms with Crippen LogP contribution in [0.25, 0.3) is 11.4 Å². The molecule has 0 radical (unpaired) electrons. The molecule has 5 rings (SSSR count). The topological polar surface area (TPSA) is 129 Å². The lowest BCUT2D eigenvalue weighted by molar-refractivity contribution is -0.114. The van der Waals surface area contributed by atoms with Gasteiger partial charge in [0.2, 0.25) is 5.92 Å². The summed E-state index contributed by atoms with van der Waals surface area (Å²) in [5.74, 6) is -1.48. The van der Waals surface area contributed by atoms with Crippen molar-refractivity contribution in [2.45, 2.75) is 38.7 Å². The molecule has 1 aliphatic carbocycles. The van der Waals surface area contributed by atoms with Gasteiger partial charge in [0.1, 0.15) is 18.0 Å². The van der Waals surface area contributed by atoms with Gasteiger partial charge in [0.25, 0.3) is 0 Å². The highest BCUT2D eigenvalue weighted by molar-refractivity contribution is 6.02. The second-order valence-electron chi connectivity index (χ2n) is 9.65. The van der Waals surface area contributed by atoms with E-state index in [4.69, 9.17) is 4.74 Å². The molecule has 3 heterocycles. The van der Waals surface area contributed by atoms with Gasteiger partial charge in [0.15, 0.2) is 17.4 Å². The number of hydrogen-bond donors (Lipinski definition) is 2. The molecule has 40 heavy (non-hydrogen) atoms. The number of ketones is 1. The minimum absolute atomic E-state index is 0.120. The van der Waals surface area contributed by atoms with Crippen LogP contribution in [0.3, 0.4) is 0 Å². The Labute approximate surface area is 228 Å². The van der Waals surface area contributed by atoms with Crippen molar-refractivity contribution in [1.82, 2.24) is 29.3 Å². The van der Waals surface area contributed by atoms with Crippen molar-refractivity contribution in [3.8, 4) is 17.1 Å². The van der Waals surface area contributed by atoms with Crippen molar-refractivity contribution in [2.75, 3.05) is 17.7 Å². The summed E-state index contributed by atoms with van der Waals surface area (Å²) in [4.78, 5) is 37.9. The lowest BCUT2D eigenvalue weighted by atomic mass is 9.81. The number of carbonyl (C=O) groups is 1. The summed E-state index contributed by atoms with van der Waals surface area (Å²) >= 11 is 0. The number of nitrogens with zero attached hydrogens (tertiary/aromatic N) is 6. The van der Waals surface area contributed by atoms with E-state index in [0.29, 0.717) is 39.9 Å². The molecular formula is C27H28F2N8O3. The summed E-state index contributed by atoms with van der Waals surface area (Å²) in [6.07, 6.45) is 4.37. The van der Waals surface area contributed by atoms with Gasteiger partial charge < -0.3 is 15.4 Å². The molecule has 1 aliphatic rings. The van der Waals surface area contributed by atoms with Crippen LogP contribution in [0.1, 0.15) is 36.5 Å². The Balaban J connectivity index is 1.41. The Bertz CT molecular complexity index is 1610. The lowest BCUT2D eigenvalue weighted by Gasteiger charge is -2.34. The van der Waals surface area contributed by atoms with Crippen LogP contribution in [0.2, 0.25) is 0 Å². The molecule has 0 saturated heterocycles. The fourth-order valence-electron chi connectivity index (χ4n) is 4.64. The average Bonchev–Trinajstić information content (AvgIpc) is 3.34. The minimum Gasteiger partial charge on any atom is -0.494 e. The van der Waals surface area contributed by atoms with E-state index in [-0.39, 0.29) is 43.3 Å². The first kappa shape index (κ1) is 26.9. The molecule has 1 fully saturated rings. The molecule has 1 aromatic carbocycles. The molecule has 0 amide bonds. The van der Waals surface area contributed by atoms with Gasteiger partial charge in [-0.3, -0.25) is 14.0 Å². The van der Waals surface area contributed by atoms with Crippen LogP contribution in [0.4, 0.5) is 31.8 Å². The summed E-state index contributed by atoms with van der Waals surface area (Å²) in [5.41, 5.74) is 1.53. The summed E-state index contributed by atoms with van der Waals surface area (Å²) in [6.45, 7) is 1.95. The van der Waals surface area contributed by atoms with Crippen LogP contribution in [-0.4, -0.2) is 48.1 Å². The Morgan fingerprint density at radius 2 is 1.95 bits per heavy atom. The van der Waals surface area contributed by atoms with E-state index in [1.54, 1.807) is 43.2 Å². The number of ether oxygens (including phenoxy) is 1. The largest absolute Gasteiger partial charge is 0.494 e. The zero-order valence-electron chi connectivity index (χ0n) is 22.2. The van der Waals surface area contributed by atoms with Crippen molar-refractivity contribution in [3.05, 3.63) is 65.1 Å². The Morgan fingerprint density at radius 1 is 1.15 bits per heavy atom. The number of Topliss-reactive ketones (excluding diaryl/α,β-unsaturated/α-hetero) is 1. The molecule has 13 heteroatoms. The number of pyridine rings is 1. The number of anilines is 4. The van der Waals surface area contributed by atoms with E-state index < -0.39 is 11.6 Å². The van der Waals surface area contributed by atoms with Gasteiger partial charge in [0, 0.05) is 51.3 Å². The smallest absolute Gasteiger partial charge is 0.349 e. The summed E-state index contributed by atoms with van der Waals surface area (Å²) in [5, 5.41) is 10.6. The van der Waals surface area contributed by atoms with Crippen LogP contribution in [0.5, 0.6) is 5.75 Å². The summed E-state index contributed by atoms with van der Waals surface area (Å²) in [6, 6.07) is 8.67. The van der Waals surface area contributed by atoms with Gasteiger partial charge in [-0.1, -0.05) is 13.0 Å². The van der Waals surface area contributed by atoms with Gasteiger partial charge in [-0.2, -0.15) is 10.1 Å². The fraction of sp³-hybridized carbons (Fsp3) is 0.333. The zero-order valence-corrected chi connectivity index (χ0v) is 22.2. The van der Waals surface area contributed by atoms with Crippen molar-refractivity contribution in [2.24, 2.45) is 13.0 Å². The lowest BCUT2D eigenvalue weighted by Crippen LogP contribution is -2.39. The maximum atomic E-state index is 13.2. The first-order valence-corrected chi connectivity index (χ1v) is 12.7. The molecule has 0 unspecified atom stereocenters. The number of methoxy groups -OCH3 is 1. The first-order valence-electron chi connectivity index (χ1n) is 12.7. The van der Waals surface area contributed by atoms with E-state index in [1.165, 1.54) is 24.1 Å². The van der Waals surface area contributed by atoms with Crippen LogP contribution in [0, 0.1) is 5.92 Å². The number of halogens is 2. The normalized spacial score (nSPS) is 14.4. The van der Waals surface area contributed by atoms with Crippen molar-refractivity contribution < 1.29 is 18.3 Å². The van der Waals surface area contributed by atoms with Crippen LogP contribution < -0.4 is 21.1 Å². The Hall–Kier alpha value is -4.68. The third kappa shape index (κ3) is 5.67. The summed E-state index contributed by atoms with van der Waals surface area (Å²) in [7, 11) is 3.31. The number of nitrogens with one attached hydrogen (secondary N) is 2. The Morgan fingerprint density at radius 3 is 2.60 bits per heavy atom. The van der Waals surface area contributed by atoms with Crippen molar-refractivity contribution >= 4 is 28.8 Å². The van der Waals surface area contributed by atoms with Crippen LogP contribution in [0.15, 0.2) is 53.8 Å². The first-order chi connectivity index (χ1) is 19.2. The fourth-order valence-corrected chi connectivity index (χ4v) is 4.64. The van der Waals surface area contributed by atoms with Gasteiger partial charge >= 0.3 is 5.69 Å². The molecule has 0 atom stereocenters. The molecule has 0 bridgehead atoms. The molecule has 11 nitrogen and oxygen atoms in total. The van der Waals surface area contributed by atoms with E-state index in [9.17, 15) is 18.4 Å². The Kier molecular flexibility index (Phi) is 7.28. The van der Waals surface area contributed by atoms with Crippen molar-refractivity contribution in [3.63, 3.8) is 0 Å². The number of carbonyl (C=O) groups excluding carboxylic acids is 1. The van der Waals surface area contributed by atoms with E-state index >= 15 is 0 Å². The standard InChI is InChI=1S/C27H28F2N8O3/c1-4-21(38)18-13-30-23(33-22-8-9-37(26(39)34-22)14-16-11-27(28,29)12-16)10-20(18)32-19-7-5-6-17(24(19)40-3)25-31-15-36(2)35-25/h5-10,13,15-16H,4,11-12,14H2,1-3H3,(H2,30,32,33,34,39). The van der Waals surface area contributed by atoms with Crippen molar-refractivity contribution in [1.29, 1.82) is 0 Å². The number of aromatic nitrogens is 6. The molecule has 3 aromatic heterocycles. The molecule has 0 aliphatic heterocycles. The van der Waals surface area contributed by atoms with Gasteiger partial charge in [-0.25, -0.2) is 23.5 Å².